The minimum Gasteiger partial charge on any atom is -0.494 e. The van der Waals surface area contributed by atoms with E-state index in [-0.39, 0.29) is 11.8 Å². The van der Waals surface area contributed by atoms with E-state index in [0.717, 1.165) is 21.2 Å². The summed E-state index contributed by atoms with van der Waals surface area (Å²) in [7, 11) is 1.44. The third kappa shape index (κ3) is 3.00. The van der Waals surface area contributed by atoms with Gasteiger partial charge in [-0.25, -0.2) is 9.82 Å². The van der Waals surface area contributed by atoms with Gasteiger partial charge in [-0.3, -0.25) is 5.84 Å². The van der Waals surface area contributed by atoms with E-state index in [1.165, 1.54) is 13.2 Å². The van der Waals surface area contributed by atoms with E-state index in [9.17, 15) is 4.39 Å². The topological polar surface area (TPSA) is 47.3 Å². The standard InChI is InChI=1S/C15H16BrFN2O/c1-9-3-5-11(12(16)7-9)15(19-18)10-4-6-14(20-2)13(17)8-10/h3-8,15,19H,18H2,1-2H3. The molecule has 3 nitrogen and oxygen atoms in total. The zero-order chi connectivity index (χ0) is 14.7. The Morgan fingerprint density at radius 1 is 1.25 bits per heavy atom. The van der Waals surface area contributed by atoms with Gasteiger partial charge in [-0.05, 0) is 41.8 Å². The smallest absolute Gasteiger partial charge is 0.165 e. The third-order valence-electron chi connectivity index (χ3n) is 3.14. The van der Waals surface area contributed by atoms with Crippen molar-refractivity contribution in [3.63, 3.8) is 0 Å². The Bertz CT molecular complexity index is 619. The zero-order valence-corrected chi connectivity index (χ0v) is 12.9. The molecule has 0 amide bonds. The number of hydrogen-bond donors (Lipinski definition) is 2. The quantitative estimate of drug-likeness (QED) is 0.663. The summed E-state index contributed by atoms with van der Waals surface area (Å²) in [5.74, 6) is 5.45. The van der Waals surface area contributed by atoms with Crippen LogP contribution in [0, 0.1) is 12.7 Å². The number of rotatable bonds is 4. The molecule has 3 N–H and O–H groups in total. The molecule has 0 radical (unpaired) electrons. The van der Waals surface area contributed by atoms with E-state index >= 15 is 0 Å². The van der Waals surface area contributed by atoms with Crippen LogP contribution in [0.3, 0.4) is 0 Å². The van der Waals surface area contributed by atoms with Crippen molar-refractivity contribution in [3.8, 4) is 5.75 Å². The number of nitrogens with one attached hydrogen (secondary N) is 1. The molecule has 20 heavy (non-hydrogen) atoms. The highest BCUT2D eigenvalue weighted by molar-refractivity contribution is 9.10. The monoisotopic (exact) mass is 338 g/mol. The van der Waals surface area contributed by atoms with E-state index in [1.807, 2.05) is 25.1 Å². The van der Waals surface area contributed by atoms with Gasteiger partial charge in [-0.2, -0.15) is 0 Å². The lowest BCUT2D eigenvalue weighted by Gasteiger charge is -2.19. The predicted octanol–water partition coefficient (Wildman–Crippen LogP) is 3.46. The van der Waals surface area contributed by atoms with Crippen LogP contribution < -0.4 is 16.0 Å². The summed E-state index contributed by atoms with van der Waals surface area (Å²) in [6, 6.07) is 10.5. The SMILES string of the molecule is COc1ccc(C(NN)c2ccc(C)cc2Br)cc1F. The summed E-state index contributed by atoms with van der Waals surface area (Å²) in [5, 5.41) is 0. The second-order valence-corrected chi connectivity index (χ2v) is 5.37. The highest BCUT2D eigenvalue weighted by Gasteiger charge is 2.17. The summed E-state index contributed by atoms with van der Waals surface area (Å²) in [6.45, 7) is 2.01. The van der Waals surface area contributed by atoms with Crippen LogP contribution in [-0.4, -0.2) is 7.11 Å². The van der Waals surface area contributed by atoms with Gasteiger partial charge in [-0.1, -0.05) is 34.1 Å². The molecule has 0 aliphatic heterocycles. The van der Waals surface area contributed by atoms with Crippen LogP contribution in [0.25, 0.3) is 0 Å². The third-order valence-corrected chi connectivity index (χ3v) is 3.83. The van der Waals surface area contributed by atoms with Gasteiger partial charge in [0.05, 0.1) is 13.2 Å². The maximum Gasteiger partial charge on any atom is 0.165 e. The molecular weight excluding hydrogens is 323 g/mol. The first-order valence-electron chi connectivity index (χ1n) is 6.12. The molecule has 0 aromatic heterocycles. The number of hydrazine groups is 1. The number of halogens is 2. The first-order valence-corrected chi connectivity index (χ1v) is 6.91. The molecule has 0 aliphatic carbocycles. The Morgan fingerprint density at radius 2 is 2.00 bits per heavy atom. The summed E-state index contributed by atoms with van der Waals surface area (Å²) < 4.78 is 19.7. The molecule has 0 bridgehead atoms. The summed E-state index contributed by atoms with van der Waals surface area (Å²) >= 11 is 3.52. The fraction of sp³-hybridized carbons (Fsp3) is 0.200. The number of benzene rings is 2. The molecule has 0 spiro atoms. The molecule has 2 aromatic carbocycles. The molecule has 106 valence electrons. The Labute approximate surface area is 126 Å². The van der Waals surface area contributed by atoms with Crippen molar-refractivity contribution < 1.29 is 9.13 Å². The first kappa shape index (κ1) is 15.0. The normalized spacial score (nSPS) is 12.2. The molecule has 5 heteroatoms. The Kier molecular flexibility index (Phi) is 4.75. The number of ether oxygens (including phenoxy) is 1. The van der Waals surface area contributed by atoms with Gasteiger partial charge in [0, 0.05) is 4.47 Å². The van der Waals surface area contributed by atoms with Crippen molar-refractivity contribution >= 4 is 15.9 Å². The van der Waals surface area contributed by atoms with Crippen molar-refractivity contribution in [2.45, 2.75) is 13.0 Å². The number of nitrogens with two attached hydrogens (primary N) is 1. The van der Waals surface area contributed by atoms with Crippen molar-refractivity contribution in [1.29, 1.82) is 0 Å². The van der Waals surface area contributed by atoms with Crippen LogP contribution in [0.4, 0.5) is 4.39 Å². The van der Waals surface area contributed by atoms with Crippen LogP contribution in [0.1, 0.15) is 22.7 Å². The van der Waals surface area contributed by atoms with Gasteiger partial charge in [-0.15, -0.1) is 0 Å². The molecule has 2 rings (SSSR count). The van der Waals surface area contributed by atoms with Gasteiger partial charge in [0.2, 0.25) is 0 Å². The van der Waals surface area contributed by atoms with E-state index in [0.29, 0.717) is 0 Å². The minimum absolute atomic E-state index is 0.215. The van der Waals surface area contributed by atoms with Gasteiger partial charge in [0.25, 0.3) is 0 Å². The number of hydrogen-bond acceptors (Lipinski definition) is 3. The lowest BCUT2D eigenvalue weighted by atomic mass is 9.98. The van der Waals surface area contributed by atoms with Crippen LogP contribution >= 0.6 is 15.9 Å². The lowest BCUT2D eigenvalue weighted by molar-refractivity contribution is 0.385. The van der Waals surface area contributed by atoms with Gasteiger partial charge in [0.15, 0.2) is 11.6 Å². The van der Waals surface area contributed by atoms with E-state index in [4.69, 9.17) is 10.6 Å². The second kappa shape index (κ2) is 6.35. The lowest BCUT2D eigenvalue weighted by Crippen LogP contribution is -2.29. The first-order chi connectivity index (χ1) is 9.56. The number of methoxy groups -OCH3 is 1. The fourth-order valence-electron chi connectivity index (χ4n) is 2.09. The van der Waals surface area contributed by atoms with Crippen molar-refractivity contribution in [2.24, 2.45) is 5.84 Å². The van der Waals surface area contributed by atoms with E-state index in [1.54, 1.807) is 12.1 Å². The summed E-state index contributed by atoms with van der Waals surface area (Å²) in [5.41, 5.74) is 5.54. The average Bonchev–Trinajstić information content (AvgIpc) is 2.42. The summed E-state index contributed by atoms with van der Waals surface area (Å²) in [4.78, 5) is 0. The highest BCUT2D eigenvalue weighted by Crippen LogP contribution is 2.30. The molecule has 1 unspecified atom stereocenters. The van der Waals surface area contributed by atoms with Crippen LogP contribution in [-0.2, 0) is 0 Å². The summed E-state index contributed by atoms with van der Waals surface area (Å²) in [6.07, 6.45) is 0. The Morgan fingerprint density at radius 3 is 2.55 bits per heavy atom. The van der Waals surface area contributed by atoms with E-state index in [2.05, 4.69) is 21.4 Å². The van der Waals surface area contributed by atoms with Crippen molar-refractivity contribution in [3.05, 3.63) is 63.4 Å². The molecule has 0 aliphatic rings. The van der Waals surface area contributed by atoms with Crippen molar-refractivity contribution in [2.75, 3.05) is 7.11 Å². The molecule has 1 atom stereocenters. The molecule has 0 saturated carbocycles. The molecule has 0 heterocycles. The molecule has 0 fully saturated rings. The average molecular weight is 339 g/mol. The largest absolute Gasteiger partial charge is 0.494 e. The van der Waals surface area contributed by atoms with Crippen molar-refractivity contribution in [1.82, 2.24) is 5.43 Å². The molecule has 0 saturated heterocycles. The Hall–Kier alpha value is -1.43. The molecule has 2 aromatic rings. The van der Waals surface area contributed by atoms with Gasteiger partial charge < -0.3 is 4.74 Å². The van der Waals surface area contributed by atoms with E-state index < -0.39 is 5.82 Å². The van der Waals surface area contributed by atoms with Crippen LogP contribution in [0.5, 0.6) is 5.75 Å². The maximum absolute atomic E-state index is 13.8. The van der Waals surface area contributed by atoms with Gasteiger partial charge in [0.1, 0.15) is 0 Å². The van der Waals surface area contributed by atoms with Crippen LogP contribution in [0.2, 0.25) is 0 Å². The minimum atomic E-state index is -0.409. The number of aryl methyl sites for hydroxylation is 1. The second-order valence-electron chi connectivity index (χ2n) is 4.52. The van der Waals surface area contributed by atoms with Crippen LogP contribution in [0.15, 0.2) is 40.9 Å². The molecular formula is C15H16BrFN2O. The fourth-order valence-corrected chi connectivity index (χ4v) is 2.82. The zero-order valence-electron chi connectivity index (χ0n) is 11.3. The predicted molar refractivity (Wildman–Crippen MR) is 81.0 cm³/mol. The van der Waals surface area contributed by atoms with Gasteiger partial charge >= 0.3 is 0 Å². The highest BCUT2D eigenvalue weighted by atomic mass is 79.9. The Balaban J connectivity index is 2.44. The maximum atomic E-state index is 13.8.